The molecule has 0 aromatic heterocycles. The molecule has 0 bridgehead atoms. The second-order valence-electron chi connectivity index (χ2n) is 9.06. The highest BCUT2D eigenvalue weighted by atomic mass is 16.5. The highest BCUT2D eigenvalue weighted by molar-refractivity contribution is 5.72. The Balaban J connectivity index is 1.54. The van der Waals surface area contributed by atoms with Crippen molar-refractivity contribution >= 4 is 11.9 Å². The third-order valence-corrected chi connectivity index (χ3v) is 7.69. The van der Waals surface area contributed by atoms with Gasteiger partial charge in [-0.1, -0.05) is 26.8 Å². The van der Waals surface area contributed by atoms with E-state index in [1.807, 2.05) is 19.9 Å². The summed E-state index contributed by atoms with van der Waals surface area (Å²) in [4.78, 5) is 23.5. The average molecular weight is 385 g/mol. The first kappa shape index (κ1) is 19.5. The Bertz CT molecular complexity index is 770. The molecule has 4 rings (SSSR count). The fourth-order valence-corrected chi connectivity index (χ4v) is 6.21. The van der Waals surface area contributed by atoms with Crippen LogP contribution in [0.4, 0.5) is 0 Å². The summed E-state index contributed by atoms with van der Waals surface area (Å²) in [5.41, 5.74) is 2.92. The summed E-state index contributed by atoms with van der Waals surface area (Å²) in [5, 5.41) is 0. The lowest BCUT2D eigenvalue weighted by atomic mass is 9.55. The van der Waals surface area contributed by atoms with Gasteiger partial charge in [0.2, 0.25) is 0 Å². The predicted molar refractivity (Wildman–Crippen MR) is 107 cm³/mol. The summed E-state index contributed by atoms with van der Waals surface area (Å²) in [5.74, 6) is 2.32. The van der Waals surface area contributed by atoms with Gasteiger partial charge in [-0.15, -0.1) is 0 Å². The van der Waals surface area contributed by atoms with Gasteiger partial charge in [-0.3, -0.25) is 9.59 Å². The minimum Gasteiger partial charge on any atom is -0.462 e. The van der Waals surface area contributed by atoms with Crippen molar-refractivity contribution in [2.75, 3.05) is 0 Å². The van der Waals surface area contributed by atoms with E-state index in [0.717, 1.165) is 25.7 Å². The number of benzene rings is 1. The highest BCUT2D eigenvalue weighted by Crippen LogP contribution is 2.61. The van der Waals surface area contributed by atoms with Crippen LogP contribution < -0.4 is 4.74 Å². The SMILES string of the molecule is CCC(=O)Oc1ccc2c(c1)CC[C@@H]1[C@H]3CC[C@H](OC(=O)CC)[C@]3(C)CC[C@@H]21. The first-order valence-electron chi connectivity index (χ1n) is 11.0. The fourth-order valence-electron chi connectivity index (χ4n) is 6.21. The van der Waals surface area contributed by atoms with E-state index in [1.54, 1.807) is 0 Å². The van der Waals surface area contributed by atoms with Crippen LogP contribution in [0.3, 0.4) is 0 Å². The van der Waals surface area contributed by atoms with E-state index < -0.39 is 0 Å². The zero-order chi connectivity index (χ0) is 19.9. The lowest BCUT2D eigenvalue weighted by Crippen LogP contribution is -2.45. The standard InChI is InChI=1S/C24H32O4/c1-4-22(25)27-16-7-9-17-15(14-16)6-8-19-18(17)12-13-24(3)20(19)10-11-21(24)28-23(26)5-2/h7,9,14,18-21H,4-6,8,10-13H2,1-3H3/t18-,19-,20+,21-,24+/m0/s1. The van der Waals surface area contributed by atoms with Crippen LogP contribution in [0, 0.1) is 17.3 Å². The van der Waals surface area contributed by atoms with Gasteiger partial charge in [0.25, 0.3) is 0 Å². The Kier molecular flexibility index (Phi) is 5.24. The Morgan fingerprint density at radius 1 is 1.07 bits per heavy atom. The molecule has 28 heavy (non-hydrogen) atoms. The van der Waals surface area contributed by atoms with Crippen LogP contribution in [-0.4, -0.2) is 18.0 Å². The number of ether oxygens (including phenoxy) is 2. The van der Waals surface area contributed by atoms with E-state index >= 15 is 0 Å². The molecule has 0 aliphatic heterocycles. The maximum atomic E-state index is 11.9. The van der Waals surface area contributed by atoms with Gasteiger partial charge in [0.05, 0.1) is 0 Å². The predicted octanol–water partition coefficient (Wildman–Crippen LogP) is 5.18. The summed E-state index contributed by atoms with van der Waals surface area (Å²) in [6, 6.07) is 6.23. The molecule has 1 aromatic rings. The van der Waals surface area contributed by atoms with Crippen LogP contribution >= 0.6 is 0 Å². The lowest BCUT2D eigenvalue weighted by molar-refractivity contribution is -0.157. The van der Waals surface area contributed by atoms with Crippen LogP contribution in [0.2, 0.25) is 0 Å². The molecule has 0 unspecified atom stereocenters. The van der Waals surface area contributed by atoms with Crippen molar-refractivity contribution in [2.45, 2.75) is 84.2 Å². The van der Waals surface area contributed by atoms with Gasteiger partial charge in [0.15, 0.2) is 0 Å². The van der Waals surface area contributed by atoms with Crippen molar-refractivity contribution in [3.63, 3.8) is 0 Å². The number of rotatable bonds is 4. The molecule has 4 nitrogen and oxygen atoms in total. The van der Waals surface area contributed by atoms with Gasteiger partial charge in [-0.2, -0.15) is 0 Å². The number of esters is 2. The zero-order valence-electron chi connectivity index (χ0n) is 17.3. The van der Waals surface area contributed by atoms with Crippen molar-refractivity contribution in [3.8, 4) is 5.75 Å². The monoisotopic (exact) mass is 384 g/mol. The van der Waals surface area contributed by atoms with Crippen molar-refractivity contribution in [1.82, 2.24) is 0 Å². The topological polar surface area (TPSA) is 52.6 Å². The number of carbonyl (C=O) groups is 2. The molecule has 0 saturated heterocycles. The number of fused-ring (bicyclic) bond motifs is 5. The molecule has 0 radical (unpaired) electrons. The molecule has 3 aliphatic rings. The number of carbonyl (C=O) groups excluding carboxylic acids is 2. The first-order chi connectivity index (χ1) is 13.5. The molecule has 5 atom stereocenters. The molecular formula is C24H32O4. The lowest BCUT2D eigenvalue weighted by Gasteiger charge is -2.50. The second-order valence-corrected chi connectivity index (χ2v) is 9.06. The van der Waals surface area contributed by atoms with Crippen LogP contribution in [0.1, 0.15) is 82.8 Å². The molecule has 3 aliphatic carbocycles. The van der Waals surface area contributed by atoms with Gasteiger partial charge in [-0.25, -0.2) is 0 Å². The maximum Gasteiger partial charge on any atom is 0.310 e. The van der Waals surface area contributed by atoms with Crippen LogP contribution in [0.15, 0.2) is 18.2 Å². The third kappa shape index (κ3) is 3.25. The molecule has 0 spiro atoms. The van der Waals surface area contributed by atoms with Gasteiger partial charge in [-0.05, 0) is 79.5 Å². The average Bonchev–Trinajstić information content (AvgIpc) is 3.03. The Labute approximate surface area is 168 Å². The van der Waals surface area contributed by atoms with Gasteiger partial charge < -0.3 is 9.47 Å². The number of aryl methyl sites for hydroxylation is 1. The Morgan fingerprint density at radius 3 is 2.61 bits per heavy atom. The molecular weight excluding hydrogens is 352 g/mol. The van der Waals surface area contributed by atoms with Gasteiger partial charge in [0, 0.05) is 18.3 Å². The van der Waals surface area contributed by atoms with E-state index in [4.69, 9.17) is 9.47 Å². The van der Waals surface area contributed by atoms with Gasteiger partial charge >= 0.3 is 11.9 Å². The minimum absolute atomic E-state index is 0.0582. The van der Waals surface area contributed by atoms with E-state index in [0.29, 0.717) is 36.3 Å². The zero-order valence-corrected chi connectivity index (χ0v) is 17.3. The maximum absolute atomic E-state index is 11.9. The Morgan fingerprint density at radius 2 is 1.86 bits per heavy atom. The van der Waals surface area contributed by atoms with Crippen LogP contribution in [-0.2, 0) is 20.7 Å². The highest BCUT2D eigenvalue weighted by Gasteiger charge is 2.56. The molecule has 2 saturated carbocycles. The number of hydrogen-bond donors (Lipinski definition) is 0. The molecule has 1 aromatic carbocycles. The quantitative estimate of drug-likeness (QED) is 0.530. The first-order valence-corrected chi connectivity index (χ1v) is 11.0. The second kappa shape index (κ2) is 7.53. The minimum atomic E-state index is -0.180. The smallest absolute Gasteiger partial charge is 0.310 e. The van der Waals surface area contributed by atoms with E-state index in [2.05, 4.69) is 19.1 Å². The van der Waals surface area contributed by atoms with Crippen molar-refractivity contribution < 1.29 is 19.1 Å². The molecule has 4 heteroatoms. The van der Waals surface area contributed by atoms with Crippen LogP contribution in [0.25, 0.3) is 0 Å². The van der Waals surface area contributed by atoms with Gasteiger partial charge in [0.1, 0.15) is 11.9 Å². The fraction of sp³-hybridized carbons (Fsp3) is 0.667. The van der Waals surface area contributed by atoms with E-state index in [-0.39, 0.29) is 23.5 Å². The molecule has 0 heterocycles. The summed E-state index contributed by atoms with van der Waals surface area (Å²) >= 11 is 0. The molecule has 152 valence electrons. The van der Waals surface area contributed by atoms with Crippen molar-refractivity contribution in [3.05, 3.63) is 29.3 Å². The van der Waals surface area contributed by atoms with Crippen molar-refractivity contribution in [2.24, 2.45) is 17.3 Å². The van der Waals surface area contributed by atoms with E-state index in [9.17, 15) is 9.59 Å². The summed E-state index contributed by atoms with van der Waals surface area (Å²) in [6.45, 7) is 6.05. The molecule has 2 fully saturated rings. The molecule has 0 amide bonds. The summed E-state index contributed by atoms with van der Waals surface area (Å²) < 4.78 is 11.3. The van der Waals surface area contributed by atoms with Crippen LogP contribution in [0.5, 0.6) is 5.75 Å². The Hall–Kier alpha value is -1.84. The summed E-state index contributed by atoms with van der Waals surface area (Å²) in [7, 11) is 0. The third-order valence-electron chi connectivity index (χ3n) is 7.69. The number of hydrogen-bond acceptors (Lipinski definition) is 4. The normalized spacial score (nSPS) is 33.4. The summed E-state index contributed by atoms with van der Waals surface area (Å²) in [6.07, 6.45) is 7.61. The van der Waals surface area contributed by atoms with Crippen molar-refractivity contribution in [1.29, 1.82) is 0 Å². The van der Waals surface area contributed by atoms with E-state index in [1.165, 1.54) is 24.0 Å². The largest absolute Gasteiger partial charge is 0.462 e. The molecule has 0 N–H and O–H groups in total.